The SMILES string of the molecule is COc1cc(NC(=O)CCc2ccc(-c3ccccc3)c(NC(=O)OC34CCN(CC3)CC4)c2)c(Cl)cc1CNC[C@H](O)c1ccc(O)c2[nH]c(=O)ccc12. The monoisotopic (exact) mass is 765 g/mol. The second-order valence-corrected chi connectivity index (χ2v) is 14.6. The molecule has 13 heteroatoms. The molecule has 0 spiro atoms. The molecule has 3 aliphatic rings. The molecule has 3 aliphatic heterocycles. The first-order valence-electron chi connectivity index (χ1n) is 18.4. The number of ether oxygens (including phenoxy) is 2. The van der Waals surface area contributed by atoms with E-state index in [1.54, 1.807) is 24.3 Å². The van der Waals surface area contributed by atoms with E-state index in [1.165, 1.54) is 19.2 Å². The number of phenols is 1. The largest absolute Gasteiger partial charge is 0.506 e. The van der Waals surface area contributed by atoms with E-state index >= 15 is 0 Å². The van der Waals surface area contributed by atoms with Crippen LogP contribution in [-0.4, -0.2) is 71.0 Å². The molecule has 1 atom stereocenters. The van der Waals surface area contributed by atoms with Gasteiger partial charge >= 0.3 is 6.09 Å². The number of nitrogens with one attached hydrogen (secondary N) is 4. The molecule has 4 aromatic carbocycles. The molecule has 0 aliphatic carbocycles. The molecule has 55 heavy (non-hydrogen) atoms. The summed E-state index contributed by atoms with van der Waals surface area (Å²) in [5.41, 5.74) is 4.44. The third kappa shape index (κ3) is 8.79. The van der Waals surface area contributed by atoms with E-state index in [4.69, 9.17) is 21.1 Å². The molecule has 0 saturated carbocycles. The number of halogens is 1. The Bertz CT molecular complexity index is 2240. The molecule has 5 aromatic rings. The summed E-state index contributed by atoms with van der Waals surface area (Å²) in [7, 11) is 1.52. The Kier molecular flexibility index (Phi) is 11.4. The minimum atomic E-state index is -0.945. The molecule has 2 bridgehead atoms. The van der Waals surface area contributed by atoms with Crippen molar-refractivity contribution in [2.45, 2.75) is 50.4 Å². The summed E-state index contributed by atoms with van der Waals surface area (Å²) >= 11 is 6.63. The second kappa shape index (κ2) is 16.5. The molecule has 8 rings (SSSR count). The Morgan fingerprint density at radius 1 is 0.945 bits per heavy atom. The maximum atomic E-state index is 13.3. The molecule has 3 fully saturated rings. The van der Waals surface area contributed by atoms with Crippen LogP contribution in [0.2, 0.25) is 5.02 Å². The third-order valence-corrected chi connectivity index (χ3v) is 10.9. The van der Waals surface area contributed by atoms with Gasteiger partial charge in [-0.2, -0.15) is 0 Å². The third-order valence-electron chi connectivity index (χ3n) is 10.6. The molecular weight excluding hydrogens is 722 g/mol. The van der Waals surface area contributed by atoms with Gasteiger partial charge in [0.2, 0.25) is 11.5 Å². The Hall–Kier alpha value is -5.40. The second-order valence-electron chi connectivity index (χ2n) is 14.2. The van der Waals surface area contributed by atoms with Crippen molar-refractivity contribution in [1.29, 1.82) is 0 Å². The first kappa shape index (κ1) is 37.9. The number of aryl methyl sites for hydroxylation is 1. The number of piperidine rings is 3. The zero-order valence-corrected chi connectivity index (χ0v) is 31.2. The van der Waals surface area contributed by atoms with Crippen LogP contribution in [0.4, 0.5) is 16.2 Å². The lowest BCUT2D eigenvalue weighted by Crippen LogP contribution is -2.54. The van der Waals surface area contributed by atoms with E-state index in [1.807, 2.05) is 48.5 Å². The minimum absolute atomic E-state index is 0.0828. The number of aromatic nitrogens is 1. The van der Waals surface area contributed by atoms with Gasteiger partial charge in [0.1, 0.15) is 17.1 Å². The van der Waals surface area contributed by atoms with Crippen molar-refractivity contribution in [1.82, 2.24) is 15.2 Å². The zero-order valence-electron chi connectivity index (χ0n) is 30.5. The van der Waals surface area contributed by atoms with Gasteiger partial charge in [0.15, 0.2) is 0 Å². The average molecular weight is 766 g/mol. The summed E-state index contributed by atoms with van der Waals surface area (Å²) in [5.74, 6) is 0.163. The molecule has 1 aromatic heterocycles. The van der Waals surface area contributed by atoms with Crippen molar-refractivity contribution < 1.29 is 29.3 Å². The van der Waals surface area contributed by atoms with E-state index < -0.39 is 17.8 Å². The Balaban J connectivity index is 0.974. The van der Waals surface area contributed by atoms with E-state index in [0.717, 1.165) is 55.6 Å². The number of aliphatic hydroxyl groups excluding tert-OH is 1. The summed E-state index contributed by atoms with van der Waals surface area (Å²) < 4.78 is 11.7. The number of hydrogen-bond acceptors (Lipinski definition) is 9. The number of phenolic OH excluding ortho intramolecular Hbond substituents is 1. The predicted octanol–water partition coefficient (Wildman–Crippen LogP) is 6.74. The van der Waals surface area contributed by atoms with E-state index in [-0.39, 0.29) is 35.7 Å². The lowest BCUT2D eigenvalue weighted by Gasteiger charge is -2.47. The van der Waals surface area contributed by atoms with Crippen molar-refractivity contribution in [2.75, 3.05) is 43.9 Å². The summed E-state index contributed by atoms with van der Waals surface area (Å²) in [6.45, 7) is 3.28. The maximum absolute atomic E-state index is 13.3. The lowest BCUT2D eigenvalue weighted by atomic mass is 9.83. The summed E-state index contributed by atoms with van der Waals surface area (Å²) in [6.07, 6.45) is 1.68. The number of aromatic hydroxyl groups is 1. The quantitative estimate of drug-likeness (QED) is 0.0761. The van der Waals surface area contributed by atoms with Crippen molar-refractivity contribution in [3.63, 3.8) is 0 Å². The number of aromatic amines is 1. The molecule has 6 N–H and O–H groups in total. The van der Waals surface area contributed by atoms with Crippen molar-refractivity contribution in [3.05, 3.63) is 117 Å². The predicted molar refractivity (Wildman–Crippen MR) is 213 cm³/mol. The Morgan fingerprint density at radius 2 is 1.71 bits per heavy atom. The fourth-order valence-electron chi connectivity index (χ4n) is 7.49. The van der Waals surface area contributed by atoms with Gasteiger partial charge in [0.05, 0.1) is 35.1 Å². The first-order chi connectivity index (χ1) is 26.6. The van der Waals surface area contributed by atoms with Crippen LogP contribution >= 0.6 is 11.6 Å². The molecule has 12 nitrogen and oxygen atoms in total. The normalized spacial score (nSPS) is 18.1. The molecule has 0 radical (unpaired) electrons. The maximum Gasteiger partial charge on any atom is 0.412 e. The number of hydrogen-bond donors (Lipinski definition) is 6. The fraction of sp³-hybridized carbons (Fsp3) is 0.310. The standard InChI is InChI=1S/C42H44ClN5O7/c1-54-37-23-34(32(43)22-28(37)24-44-25-36(50)30-10-12-35(49)40-31(30)11-14-39(52)47-40)45-38(51)13-8-26-7-9-29(27-5-3-2-4-6-27)33(21-26)46-41(53)55-42-15-18-48(19-16-42)20-17-42/h2-7,9-12,14,21-23,36,44,49-50H,8,13,15-20,24-25H2,1H3,(H,45,51)(H,46,53)(H,47,52)/t36-/m0/s1. The first-order valence-corrected chi connectivity index (χ1v) is 18.8. The Morgan fingerprint density at radius 3 is 2.45 bits per heavy atom. The smallest absolute Gasteiger partial charge is 0.412 e. The summed E-state index contributed by atoms with van der Waals surface area (Å²) in [4.78, 5) is 43.2. The van der Waals surface area contributed by atoms with Gasteiger partial charge in [-0.3, -0.25) is 14.9 Å². The molecule has 0 unspecified atom stereocenters. The van der Waals surface area contributed by atoms with Gasteiger partial charge in [0.25, 0.3) is 0 Å². The number of rotatable bonds is 13. The number of carbonyl (C=O) groups excluding carboxylic acids is 2. The van der Waals surface area contributed by atoms with Crippen LogP contribution in [0.1, 0.15) is 48.5 Å². The number of anilines is 2. The average Bonchev–Trinajstić information content (AvgIpc) is 3.19. The molecule has 4 heterocycles. The van der Waals surface area contributed by atoms with Gasteiger partial charge in [-0.05, 0) is 47.4 Å². The minimum Gasteiger partial charge on any atom is -0.506 e. The topological polar surface area (TPSA) is 165 Å². The van der Waals surface area contributed by atoms with Crippen molar-refractivity contribution >= 4 is 45.9 Å². The van der Waals surface area contributed by atoms with Gasteiger partial charge in [-0.1, -0.05) is 60.1 Å². The van der Waals surface area contributed by atoms with Crippen molar-refractivity contribution in [3.8, 4) is 22.6 Å². The van der Waals surface area contributed by atoms with Gasteiger partial charge in [-0.15, -0.1) is 0 Å². The van der Waals surface area contributed by atoms with Crippen molar-refractivity contribution in [2.24, 2.45) is 0 Å². The zero-order chi connectivity index (χ0) is 38.5. The number of amides is 2. The van der Waals surface area contributed by atoms with Gasteiger partial charge < -0.3 is 40.2 Å². The Labute approximate surface area is 323 Å². The van der Waals surface area contributed by atoms with Crippen LogP contribution in [0.25, 0.3) is 22.0 Å². The molecular formula is C42H44ClN5O7. The van der Waals surface area contributed by atoms with E-state index in [9.17, 15) is 24.6 Å². The van der Waals surface area contributed by atoms with Crippen LogP contribution in [0.3, 0.4) is 0 Å². The molecule has 3 saturated heterocycles. The summed E-state index contributed by atoms with van der Waals surface area (Å²) in [5, 5.41) is 31.1. The van der Waals surface area contributed by atoms with E-state index in [2.05, 4.69) is 25.8 Å². The highest BCUT2D eigenvalue weighted by molar-refractivity contribution is 6.33. The van der Waals surface area contributed by atoms with Crippen LogP contribution < -0.4 is 26.2 Å². The molecule has 2 amide bonds. The number of carbonyl (C=O) groups is 2. The van der Waals surface area contributed by atoms with Crippen LogP contribution in [0, 0.1) is 0 Å². The van der Waals surface area contributed by atoms with Crippen LogP contribution in [0.15, 0.2) is 89.7 Å². The van der Waals surface area contributed by atoms with Crippen LogP contribution in [-0.2, 0) is 22.5 Å². The molecule has 286 valence electrons. The number of nitrogens with zero attached hydrogens (tertiary/aromatic N) is 1. The number of H-pyrrole nitrogens is 1. The van der Waals surface area contributed by atoms with E-state index in [0.29, 0.717) is 51.6 Å². The number of pyridine rings is 1. The highest BCUT2D eigenvalue weighted by Crippen LogP contribution is 2.37. The van der Waals surface area contributed by atoms with Gasteiger partial charge in [0, 0.05) is 87.1 Å². The highest BCUT2D eigenvalue weighted by atomic mass is 35.5. The summed E-state index contributed by atoms with van der Waals surface area (Å²) in [6, 6.07) is 24.9. The highest BCUT2D eigenvalue weighted by Gasteiger charge is 2.42. The lowest BCUT2D eigenvalue weighted by molar-refractivity contribution is -0.116. The van der Waals surface area contributed by atoms with Gasteiger partial charge in [-0.25, -0.2) is 4.79 Å². The fourth-order valence-corrected chi connectivity index (χ4v) is 7.73. The van der Waals surface area contributed by atoms with Crippen LogP contribution in [0.5, 0.6) is 11.5 Å². The number of aliphatic hydroxyl groups is 1. The number of methoxy groups -OCH3 is 1. The number of benzene rings is 4. The number of fused-ring (bicyclic) bond motifs is 4.